The summed E-state index contributed by atoms with van der Waals surface area (Å²) in [6.45, 7) is 3.73. The summed E-state index contributed by atoms with van der Waals surface area (Å²) in [7, 11) is 0. The summed E-state index contributed by atoms with van der Waals surface area (Å²) < 4.78 is 0. The third-order valence-electron chi connectivity index (χ3n) is 4.16. The number of nitrogens with zero attached hydrogens (tertiary/aromatic N) is 1. The van der Waals surface area contributed by atoms with Gasteiger partial charge in [-0.25, -0.2) is 9.69 Å². The largest absolute Gasteiger partial charge is 0.478 e. The number of para-hydroxylation sites is 1. The summed E-state index contributed by atoms with van der Waals surface area (Å²) in [5, 5.41) is 8.67. The van der Waals surface area contributed by atoms with Gasteiger partial charge < -0.3 is 5.11 Å². The fraction of sp³-hybridized carbons (Fsp3) is 0.211. The molecule has 1 atom stereocenters. The number of carboxylic acid groups (broad SMARTS) is 1. The van der Waals surface area contributed by atoms with Gasteiger partial charge in [0.25, 0.3) is 0 Å². The first-order valence-corrected chi connectivity index (χ1v) is 8.70. The van der Waals surface area contributed by atoms with Gasteiger partial charge in [0.15, 0.2) is 0 Å². The molecule has 5 nitrogen and oxygen atoms in total. The van der Waals surface area contributed by atoms with Crippen molar-refractivity contribution in [1.82, 2.24) is 0 Å². The minimum absolute atomic E-state index is 0.0607. The Morgan fingerprint density at radius 2 is 1.72 bits per heavy atom. The Hall–Kier alpha value is -2.60. The van der Waals surface area contributed by atoms with E-state index in [9.17, 15) is 19.5 Å². The lowest BCUT2D eigenvalue weighted by Gasteiger charge is -2.20. The molecule has 128 valence electrons. The average Bonchev–Trinajstić information content (AvgIpc) is 2.83. The minimum atomic E-state index is -1.05. The molecule has 25 heavy (non-hydrogen) atoms. The number of hydrogen-bond donors (Lipinski definition) is 1. The fourth-order valence-corrected chi connectivity index (χ4v) is 4.17. The highest BCUT2D eigenvalue weighted by Crippen LogP contribution is 2.37. The zero-order valence-corrected chi connectivity index (χ0v) is 14.7. The third-order valence-corrected chi connectivity index (χ3v) is 5.42. The third kappa shape index (κ3) is 3.17. The standard InChI is InChI=1S/C19H17NO4S/c1-11-6-5-7-12(2)17(11)20-16(21)10-15(18(20)22)25-14-9-4-3-8-13(14)19(23)24/h3-9,15H,10H2,1-2H3,(H,23,24)/t15-/m1/s1. The molecule has 1 aliphatic rings. The average molecular weight is 355 g/mol. The van der Waals surface area contributed by atoms with Crippen LogP contribution in [0.4, 0.5) is 5.69 Å². The molecule has 0 bridgehead atoms. The second-order valence-electron chi connectivity index (χ2n) is 5.92. The molecule has 1 N–H and O–H groups in total. The van der Waals surface area contributed by atoms with Gasteiger partial charge in [-0.05, 0) is 37.1 Å². The normalized spacial score (nSPS) is 17.2. The molecule has 0 spiro atoms. The summed E-state index contributed by atoms with van der Waals surface area (Å²) in [6, 6.07) is 12.1. The van der Waals surface area contributed by atoms with E-state index in [1.54, 1.807) is 18.2 Å². The van der Waals surface area contributed by atoms with Crippen LogP contribution in [-0.2, 0) is 9.59 Å². The van der Waals surface area contributed by atoms with Crippen LogP contribution in [0.3, 0.4) is 0 Å². The second kappa shape index (κ2) is 6.72. The van der Waals surface area contributed by atoms with Crippen LogP contribution in [0.25, 0.3) is 0 Å². The predicted molar refractivity (Wildman–Crippen MR) is 96.1 cm³/mol. The lowest BCUT2D eigenvalue weighted by molar-refractivity contribution is -0.121. The Kier molecular flexibility index (Phi) is 4.63. The van der Waals surface area contributed by atoms with Crippen molar-refractivity contribution in [1.29, 1.82) is 0 Å². The smallest absolute Gasteiger partial charge is 0.336 e. The number of carbonyl (C=O) groups excluding carboxylic acids is 2. The summed E-state index contributed by atoms with van der Waals surface area (Å²) in [6.07, 6.45) is 0.0607. The van der Waals surface area contributed by atoms with Crippen molar-refractivity contribution >= 4 is 35.2 Å². The summed E-state index contributed by atoms with van der Waals surface area (Å²) in [4.78, 5) is 38.4. The highest BCUT2D eigenvalue weighted by molar-refractivity contribution is 8.00. The number of carbonyl (C=O) groups is 3. The number of hydrogen-bond acceptors (Lipinski definition) is 4. The number of aryl methyl sites for hydroxylation is 2. The molecule has 2 aromatic carbocycles. The van der Waals surface area contributed by atoms with Gasteiger partial charge in [-0.2, -0.15) is 0 Å². The van der Waals surface area contributed by atoms with Gasteiger partial charge in [-0.15, -0.1) is 11.8 Å². The Balaban J connectivity index is 1.92. The van der Waals surface area contributed by atoms with Crippen molar-refractivity contribution in [3.63, 3.8) is 0 Å². The van der Waals surface area contributed by atoms with Gasteiger partial charge in [-0.3, -0.25) is 9.59 Å². The molecule has 2 amide bonds. The topological polar surface area (TPSA) is 74.7 Å². The lowest BCUT2D eigenvalue weighted by Crippen LogP contribution is -2.32. The highest BCUT2D eigenvalue weighted by Gasteiger charge is 2.41. The highest BCUT2D eigenvalue weighted by atomic mass is 32.2. The van der Waals surface area contributed by atoms with E-state index >= 15 is 0 Å². The molecule has 2 aromatic rings. The molecule has 1 heterocycles. The second-order valence-corrected chi connectivity index (χ2v) is 7.16. The van der Waals surface area contributed by atoms with Crippen molar-refractivity contribution in [2.24, 2.45) is 0 Å². The van der Waals surface area contributed by atoms with Crippen LogP contribution in [0.5, 0.6) is 0 Å². The van der Waals surface area contributed by atoms with Crippen molar-refractivity contribution in [3.8, 4) is 0 Å². The van der Waals surface area contributed by atoms with Crippen LogP contribution in [0.2, 0.25) is 0 Å². The number of benzene rings is 2. The van der Waals surface area contributed by atoms with Crippen molar-refractivity contribution in [3.05, 3.63) is 59.2 Å². The van der Waals surface area contributed by atoms with E-state index in [0.717, 1.165) is 22.9 Å². The van der Waals surface area contributed by atoms with E-state index in [1.807, 2.05) is 32.0 Å². The van der Waals surface area contributed by atoms with E-state index in [0.29, 0.717) is 10.6 Å². The molecule has 6 heteroatoms. The zero-order valence-electron chi connectivity index (χ0n) is 13.9. The van der Waals surface area contributed by atoms with Crippen LogP contribution < -0.4 is 4.90 Å². The first-order chi connectivity index (χ1) is 11.9. The zero-order chi connectivity index (χ0) is 18.1. The Morgan fingerprint density at radius 3 is 2.36 bits per heavy atom. The van der Waals surface area contributed by atoms with E-state index in [-0.39, 0.29) is 23.8 Å². The van der Waals surface area contributed by atoms with Gasteiger partial charge in [-0.1, -0.05) is 30.3 Å². The Labute approximate surface area is 149 Å². The number of thioether (sulfide) groups is 1. The van der Waals surface area contributed by atoms with Crippen LogP contribution in [0, 0.1) is 13.8 Å². The van der Waals surface area contributed by atoms with Crippen molar-refractivity contribution in [2.45, 2.75) is 30.4 Å². The number of anilines is 1. The predicted octanol–water partition coefficient (Wildman–Crippen LogP) is 3.43. The van der Waals surface area contributed by atoms with Crippen LogP contribution in [-0.4, -0.2) is 28.1 Å². The summed E-state index contributed by atoms with van der Waals surface area (Å²) >= 11 is 1.14. The van der Waals surface area contributed by atoms with E-state index < -0.39 is 11.2 Å². The van der Waals surface area contributed by atoms with Crippen LogP contribution in [0.15, 0.2) is 47.4 Å². The number of amides is 2. The van der Waals surface area contributed by atoms with Crippen LogP contribution >= 0.6 is 11.8 Å². The quantitative estimate of drug-likeness (QED) is 0.851. The van der Waals surface area contributed by atoms with Crippen LogP contribution in [0.1, 0.15) is 27.9 Å². The Morgan fingerprint density at radius 1 is 1.08 bits per heavy atom. The molecule has 0 aliphatic carbocycles. The Bertz CT molecular complexity index is 857. The molecule has 1 aliphatic heterocycles. The molecule has 1 saturated heterocycles. The van der Waals surface area contributed by atoms with Gasteiger partial charge >= 0.3 is 5.97 Å². The summed E-state index contributed by atoms with van der Waals surface area (Å²) in [5.41, 5.74) is 2.49. The molecular weight excluding hydrogens is 338 g/mol. The van der Waals surface area contributed by atoms with Crippen molar-refractivity contribution < 1.29 is 19.5 Å². The van der Waals surface area contributed by atoms with Gasteiger partial charge in [0.2, 0.25) is 11.8 Å². The first-order valence-electron chi connectivity index (χ1n) is 7.82. The molecule has 3 rings (SSSR count). The first kappa shape index (κ1) is 17.2. The lowest BCUT2D eigenvalue weighted by atomic mass is 10.1. The van der Waals surface area contributed by atoms with Gasteiger partial charge in [0.05, 0.1) is 16.5 Å². The van der Waals surface area contributed by atoms with Crippen molar-refractivity contribution in [2.75, 3.05) is 4.90 Å². The number of imide groups is 1. The monoisotopic (exact) mass is 355 g/mol. The molecule has 0 radical (unpaired) electrons. The SMILES string of the molecule is Cc1cccc(C)c1N1C(=O)C[C@@H](Sc2ccccc2C(=O)O)C1=O. The molecule has 0 saturated carbocycles. The van der Waals surface area contributed by atoms with E-state index in [1.165, 1.54) is 11.0 Å². The molecule has 1 fully saturated rings. The maximum absolute atomic E-state index is 12.8. The molecule has 0 unspecified atom stereocenters. The maximum Gasteiger partial charge on any atom is 0.336 e. The minimum Gasteiger partial charge on any atom is -0.478 e. The molecular formula is C19H17NO4S. The number of rotatable bonds is 4. The fourth-order valence-electron chi connectivity index (χ4n) is 2.99. The van der Waals surface area contributed by atoms with E-state index in [2.05, 4.69) is 0 Å². The summed E-state index contributed by atoms with van der Waals surface area (Å²) in [5.74, 6) is -1.60. The number of aromatic carboxylic acids is 1. The van der Waals surface area contributed by atoms with E-state index in [4.69, 9.17) is 0 Å². The number of carboxylic acids is 1. The van der Waals surface area contributed by atoms with Gasteiger partial charge in [0, 0.05) is 11.3 Å². The van der Waals surface area contributed by atoms with Gasteiger partial charge in [0.1, 0.15) is 0 Å². The molecule has 0 aromatic heterocycles. The maximum atomic E-state index is 12.8.